The fourth-order valence-electron chi connectivity index (χ4n) is 1.62. The first-order valence-corrected chi connectivity index (χ1v) is 7.65. The van der Waals surface area contributed by atoms with Gasteiger partial charge >= 0.3 is 0 Å². The smallest absolute Gasteiger partial charge is 0.240 e. The Bertz CT molecular complexity index is 514. The lowest BCUT2D eigenvalue weighted by atomic mass is 10.1. The largest absolute Gasteiger partial charge is 0.496 e. The molecule has 102 valence electrons. The number of halogens is 1. The van der Waals surface area contributed by atoms with Gasteiger partial charge in [-0.3, -0.25) is 0 Å². The molecular weight excluding hydrogens is 274 g/mol. The lowest BCUT2D eigenvalue weighted by molar-refractivity contribution is 0.411. The van der Waals surface area contributed by atoms with Gasteiger partial charge in [0.25, 0.3) is 0 Å². The molecule has 0 fully saturated rings. The van der Waals surface area contributed by atoms with Crippen molar-refractivity contribution in [2.45, 2.75) is 25.2 Å². The average Bonchev–Trinajstić information content (AvgIpc) is 2.31. The first kappa shape index (κ1) is 15.3. The van der Waals surface area contributed by atoms with Gasteiger partial charge in [0.15, 0.2) is 0 Å². The number of hydrogen-bond donors (Lipinski definition) is 1. The molecule has 0 aromatic heterocycles. The summed E-state index contributed by atoms with van der Waals surface area (Å²) in [6, 6.07) is 3.35. The summed E-state index contributed by atoms with van der Waals surface area (Å²) in [6.07, 6.45) is 0.606. The molecule has 0 bridgehead atoms. The molecule has 0 aliphatic heterocycles. The Hall–Kier alpha value is -0.780. The quantitative estimate of drug-likeness (QED) is 0.646. The van der Waals surface area contributed by atoms with Crippen LogP contribution >= 0.6 is 11.6 Å². The third kappa shape index (κ3) is 3.60. The van der Waals surface area contributed by atoms with Crippen LogP contribution in [0.25, 0.3) is 0 Å². The van der Waals surface area contributed by atoms with Crippen molar-refractivity contribution in [3.8, 4) is 5.75 Å². The minimum Gasteiger partial charge on any atom is -0.496 e. The van der Waals surface area contributed by atoms with Gasteiger partial charge in [-0.05, 0) is 43.5 Å². The molecule has 0 radical (unpaired) electrons. The fourth-order valence-corrected chi connectivity index (χ4v) is 3.14. The summed E-state index contributed by atoms with van der Waals surface area (Å²) in [7, 11) is -1.91. The van der Waals surface area contributed by atoms with E-state index in [0.29, 0.717) is 30.2 Å². The molecule has 6 heteroatoms. The SMILES string of the molecule is COc1cc(C)c(S(=O)(=O)NCCCCl)cc1C. The summed E-state index contributed by atoms with van der Waals surface area (Å²) in [5, 5.41) is 0. The molecule has 0 amide bonds. The number of aryl methyl sites for hydroxylation is 2. The number of benzene rings is 1. The number of sulfonamides is 1. The van der Waals surface area contributed by atoms with Gasteiger partial charge in [-0.2, -0.15) is 0 Å². The Balaban J connectivity index is 3.05. The standard InChI is InChI=1S/C12H18ClNO3S/c1-9-8-12(10(2)7-11(9)17-3)18(15,16)14-6-4-5-13/h7-8,14H,4-6H2,1-3H3. The molecule has 0 aliphatic rings. The minimum atomic E-state index is -3.47. The number of ether oxygens (including phenoxy) is 1. The zero-order valence-corrected chi connectivity index (χ0v) is 12.4. The maximum Gasteiger partial charge on any atom is 0.240 e. The van der Waals surface area contributed by atoms with E-state index in [1.807, 2.05) is 6.92 Å². The van der Waals surface area contributed by atoms with E-state index in [4.69, 9.17) is 16.3 Å². The predicted octanol–water partition coefficient (Wildman–Crippen LogP) is 2.22. The van der Waals surface area contributed by atoms with Crippen LogP contribution in [0.3, 0.4) is 0 Å². The number of nitrogens with one attached hydrogen (secondary N) is 1. The lowest BCUT2D eigenvalue weighted by Gasteiger charge is -2.12. The van der Waals surface area contributed by atoms with E-state index in [-0.39, 0.29) is 4.90 Å². The zero-order valence-electron chi connectivity index (χ0n) is 10.8. The fraction of sp³-hybridized carbons (Fsp3) is 0.500. The Morgan fingerprint density at radius 3 is 2.50 bits per heavy atom. The predicted molar refractivity (Wildman–Crippen MR) is 73.0 cm³/mol. The van der Waals surface area contributed by atoms with Gasteiger partial charge in [-0.25, -0.2) is 13.1 Å². The molecule has 18 heavy (non-hydrogen) atoms. The molecule has 1 aromatic rings. The second kappa shape index (κ2) is 6.41. The Labute approximate surface area is 113 Å². The highest BCUT2D eigenvalue weighted by molar-refractivity contribution is 7.89. The van der Waals surface area contributed by atoms with E-state index in [0.717, 1.165) is 5.56 Å². The monoisotopic (exact) mass is 291 g/mol. The van der Waals surface area contributed by atoms with Crippen LogP contribution in [0.15, 0.2) is 17.0 Å². The normalized spacial score (nSPS) is 11.6. The Morgan fingerprint density at radius 1 is 1.28 bits per heavy atom. The maximum absolute atomic E-state index is 12.1. The van der Waals surface area contributed by atoms with Gasteiger partial charge in [-0.1, -0.05) is 0 Å². The maximum atomic E-state index is 12.1. The second-order valence-corrected chi connectivity index (χ2v) is 6.14. The van der Waals surface area contributed by atoms with Crippen molar-refractivity contribution >= 4 is 21.6 Å². The lowest BCUT2D eigenvalue weighted by Crippen LogP contribution is -2.25. The molecule has 4 nitrogen and oxygen atoms in total. The highest BCUT2D eigenvalue weighted by Crippen LogP contribution is 2.25. The number of rotatable bonds is 6. The van der Waals surface area contributed by atoms with E-state index < -0.39 is 10.0 Å². The van der Waals surface area contributed by atoms with Crippen LogP contribution in [-0.2, 0) is 10.0 Å². The number of hydrogen-bond acceptors (Lipinski definition) is 3. The summed E-state index contributed by atoms with van der Waals surface area (Å²) < 4.78 is 31.9. The Morgan fingerprint density at radius 2 is 1.94 bits per heavy atom. The van der Waals surface area contributed by atoms with Crippen LogP contribution in [0.2, 0.25) is 0 Å². The summed E-state index contributed by atoms with van der Waals surface area (Å²) in [6.45, 7) is 3.91. The average molecular weight is 292 g/mol. The van der Waals surface area contributed by atoms with Crippen LogP contribution < -0.4 is 9.46 Å². The van der Waals surface area contributed by atoms with Gasteiger partial charge in [-0.15, -0.1) is 11.6 Å². The Kier molecular flexibility index (Phi) is 5.44. The summed E-state index contributed by atoms with van der Waals surface area (Å²) >= 11 is 5.52. The van der Waals surface area contributed by atoms with Crippen molar-refractivity contribution in [2.75, 3.05) is 19.5 Å². The molecule has 0 saturated carbocycles. The van der Waals surface area contributed by atoms with Crippen molar-refractivity contribution in [1.29, 1.82) is 0 Å². The first-order valence-electron chi connectivity index (χ1n) is 5.63. The molecule has 0 unspecified atom stereocenters. The third-order valence-electron chi connectivity index (χ3n) is 2.58. The van der Waals surface area contributed by atoms with Gasteiger partial charge < -0.3 is 4.74 Å². The summed E-state index contributed by atoms with van der Waals surface area (Å²) in [5.74, 6) is 1.12. The summed E-state index contributed by atoms with van der Waals surface area (Å²) in [5.41, 5.74) is 1.46. The van der Waals surface area contributed by atoms with Crippen molar-refractivity contribution < 1.29 is 13.2 Å². The first-order chi connectivity index (χ1) is 8.42. The van der Waals surface area contributed by atoms with E-state index in [1.165, 1.54) is 0 Å². The molecule has 0 atom stereocenters. The number of methoxy groups -OCH3 is 1. The molecule has 0 spiro atoms. The van der Waals surface area contributed by atoms with Crippen molar-refractivity contribution in [3.05, 3.63) is 23.3 Å². The third-order valence-corrected chi connectivity index (χ3v) is 4.45. The van der Waals surface area contributed by atoms with Gasteiger partial charge in [0.05, 0.1) is 12.0 Å². The van der Waals surface area contributed by atoms with E-state index in [1.54, 1.807) is 26.2 Å². The molecular formula is C12H18ClNO3S. The molecule has 0 saturated heterocycles. The molecule has 0 aliphatic carbocycles. The van der Waals surface area contributed by atoms with Crippen molar-refractivity contribution in [2.24, 2.45) is 0 Å². The molecule has 1 rings (SSSR count). The highest BCUT2D eigenvalue weighted by atomic mass is 35.5. The molecule has 1 N–H and O–H groups in total. The zero-order chi connectivity index (χ0) is 13.8. The van der Waals surface area contributed by atoms with Gasteiger partial charge in [0.1, 0.15) is 5.75 Å². The van der Waals surface area contributed by atoms with E-state index >= 15 is 0 Å². The van der Waals surface area contributed by atoms with Crippen LogP contribution in [0, 0.1) is 13.8 Å². The molecule has 0 heterocycles. The van der Waals surface area contributed by atoms with E-state index in [9.17, 15) is 8.42 Å². The van der Waals surface area contributed by atoms with Crippen LogP contribution in [0.4, 0.5) is 0 Å². The second-order valence-electron chi connectivity index (χ2n) is 4.03. The van der Waals surface area contributed by atoms with Crippen molar-refractivity contribution in [1.82, 2.24) is 4.72 Å². The van der Waals surface area contributed by atoms with Crippen LogP contribution in [0.1, 0.15) is 17.5 Å². The van der Waals surface area contributed by atoms with Gasteiger partial charge in [0, 0.05) is 12.4 Å². The number of alkyl halides is 1. The van der Waals surface area contributed by atoms with Crippen LogP contribution in [-0.4, -0.2) is 28.0 Å². The van der Waals surface area contributed by atoms with Crippen LogP contribution in [0.5, 0.6) is 5.75 Å². The molecule has 1 aromatic carbocycles. The van der Waals surface area contributed by atoms with E-state index in [2.05, 4.69) is 4.72 Å². The highest BCUT2D eigenvalue weighted by Gasteiger charge is 2.17. The van der Waals surface area contributed by atoms with Gasteiger partial charge in [0.2, 0.25) is 10.0 Å². The minimum absolute atomic E-state index is 0.287. The topological polar surface area (TPSA) is 55.4 Å². The summed E-state index contributed by atoms with van der Waals surface area (Å²) in [4.78, 5) is 0.287. The van der Waals surface area contributed by atoms with Crippen molar-refractivity contribution in [3.63, 3.8) is 0 Å².